The largest absolute Gasteiger partial charge is 0.373 e. The summed E-state index contributed by atoms with van der Waals surface area (Å²) >= 11 is 0. The lowest BCUT2D eigenvalue weighted by Gasteiger charge is -2.33. The zero-order valence-corrected chi connectivity index (χ0v) is 11.2. The molecule has 0 aromatic heterocycles. The molecule has 0 aliphatic heterocycles. The average molecular weight is 220 g/mol. The van der Waals surface area contributed by atoms with Gasteiger partial charge in [-0.3, -0.25) is 4.90 Å². The Kier molecular flexibility index (Phi) is 4.36. The molecule has 0 bridgehead atoms. The summed E-state index contributed by atoms with van der Waals surface area (Å²) in [7, 11) is 4.32. The molecule has 0 atom stereocenters. The van der Waals surface area contributed by atoms with Gasteiger partial charge < -0.3 is 4.90 Å². The predicted octanol–water partition coefficient (Wildman–Crippen LogP) is 2.85. The molecular formula is C14H24N2. The first-order valence-corrected chi connectivity index (χ1v) is 5.88. The molecule has 0 saturated heterocycles. The summed E-state index contributed by atoms with van der Waals surface area (Å²) in [6.45, 7) is 8.87. The Hall–Kier alpha value is -1.02. The maximum Gasteiger partial charge on any atom is 0.0364 e. The van der Waals surface area contributed by atoms with Crippen LogP contribution in [0.25, 0.3) is 0 Å². The molecule has 1 rings (SSSR count). The number of benzene rings is 1. The number of anilines is 1. The van der Waals surface area contributed by atoms with Crippen LogP contribution in [0.4, 0.5) is 5.69 Å². The topological polar surface area (TPSA) is 6.48 Å². The highest BCUT2D eigenvalue weighted by molar-refractivity contribution is 5.44. The van der Waals surface area contributed by atoms with E-state index in [0.29, 0.717) is 0 Å². The zero-order chi connectivity index (χ0) is 12.2. The van der Waals surface area contributed by atoms with E-state index in [0.717, 1.165) is 13.1 Å². The van der Waals surface area contributed by atoms with Crippen molar-refractivity contribution in [2.75, 3.05) is 32.1 Å². The Morgan fingerprint density at radius 1 is 0.938 bits per heavy atom. The molecule has 0 fully saturated rings. The fourth-order valence-corrected chi connectivity index (χ4v) is 1.45. The van der Waals surface area contributed by atoms with Crippen molar-refractivity contribution in [3.05, 3.63) is 30.3 Å². The Balaban J connectivity index is 2.45. The first kappa shape index (κ1) is 13.0. The maximum atomic E-state index is 2.38. The van der Waals surface area contributed by atoms with Gasteiger partial charge in [0.15, 0.2) is 0 Å². The van der Waals surface area contributed by atoms with Crippen LogP contribution >= 0.6 is 0 Å². The normalized spacial score (nSPS) is 11.9. The minimum atomic E-state index is 0.248. The zero-order valence-electron chi connectivity index (χ0n) is 11.2. The number of hydrogen-bond donors (Lipinski definition) is 0. The fourth-order valence-electron chi connectivity index (χ4n) is 1.45. The van der Waals surface area contributed by atoms with Gasteiger partial charge in [-0.15, -0.1) is 0 Å². The molecule has 0 heterocycles. The first-order chi connectivity index (χ1) is 7.41. The van der Waals surface area contributed by atoms with E-state index in [2.05, 4.69) is 75.0 Å². The molecule has 2 nitrogen and oxygen atoms in total. The van der Waals surface area contributed by atoms with Crippen molar-refractivity contribution >= 4 is 5.69 Å². The van der Waals surface area contributed by atoms with Gasteiger partial charge in [0.2, 0.25) is 0 Å². The molecule has 0 spiro atoms. The Labute approximate surface area is 99.9 Å². The molecule has 0 saturated carbocycles. The van der Waals surface area contributed by atoms with Gasteiger partial charge in [-0.05, 0) is 40.0 Å². The molecule has 0 amide bonds. The highest BCUT2D eigenvalue weighted by Gasteiger charge is 2.16. The summed E-state index contributed by atoms with van der Waals surface area (Å²) < 4.78 is 0. The molecule has 0 aliphatic carbocycles. The smallest absolute Gasteiger partial charge is 0.0364 e. The lowest BCUT2D eigenvalue weighted by atomic mass is 10.1. The van der Waals surface area contributed by atoms with Crippen LogP contribution in [0.1, 0.15) is 20.8 Å². The number of hydrogen-bond acceptors (Lipinski definition) is 2. The molecule has 0 radical (unpaired) electrons. The minimum Gasteiger partial charge on any atom is -0.373 e. The van der Waals surface area contributed by atoms with Crippen LogP contribution in [-0.4, -0.2) is 37.6 Å². The van der Waals surface area contributed by atoms with Crippen molar-refractivity contribution in [3.8, 4) is 0 Å². The Bertz CT molecular complexity index is 300. The van der Waals surface area contributed by atoms with Crippen LogP contribution in [0, 0.1) is 0 Å². The van der Waals surface area contributed by atoms with Crippen LogP contribution in [0.2, 0.25) is 0 Å². The van der Waals surface area contributed by atoms with Crippen molar-refractivity contribution in [2.24, 2.45) is 0 Å². The van der Waals surface area contributed by atoms with Gasteiger partial charge in [0, 0.05) is 31.4 Å². The monoisotopic (exact) mass is 220 g/mol. The van der Waals surface area contributed by atoms with Crippen LogP contribution in [0.15, 0.2) is 30.3 Å². The molecule has 1 aromatic rings. The Morgan fingerprint density at radius 2 is 1.50 bits per heavy atom. The van der Waals surface area contributed by atoms with Crippen molar-refractivity contribution < 1.29 is 0 Å². The van der Waals surface area contributed by atoms with E-state index >= 15 is 0 Å². The molecule has 0 unspecified atom stereocenters. The second kappa shape index (κ2) is 5.35. The quantitative estimate of drug-likeness (QED) is 0.770. The van der Waals surface area contributed by atoms with Crippen molar-refractivity contribution in [1.82, 2.24) is 4.90 Å². The number of rotatable bonds is 4. The summed E-state index contributed by atoms with van der Waals surface area (Å²) in [5.41, 5.74) is 1.53. The molecule has 2 heteroatoms. The number of para-hydroxylation sites is 1. The molecule has 16 heavy (non-hydrogen) atoms. The molecule has 90 valence electrons. The van der Waals surface area contributed by atoms with E-state index < -0.39 is 0 Å². The predicted molar refractivity (Wildman–Crippen MR) is 72.1 cm³/mol. The third kappa shape index (κ3) is 3.86. The van der Waals surface area contributed by atoms with Gasteiger partial charge in [-0.1, -0.05) is 18.2 Å². The number of nitrogens with zero attached hydrogens (tertiary/aromatic N) is 2. The van der Waals surface area contributed by atoms with E-state index in [1.54, 1.807) is 0 Å². The lowest BCUT2D eigenvalue weighted by Crippen LogP contribution is -2.42. The lowest BCUT2D eigenvalue weighted by molar-refractivity contribution is 0.180. The van der Waals surface area contributed by atoms with E-state index in [1.165, 1.54) is 5.69 Å². The van der Waals surface area contributed by atoms with E-state index in [1.807, 2.05) is 0 Å². The van der Waals surface area contributed by atoms with Gasteiger partial charge in [0.05, 0.1) is 0 Å². The maximum absolute atomic E-state index is 2.38. The van der Waals surface area contributed by atoms with Crippen LogP contribution in [0.3, 0.4) is 0 Å². The molecule has 1 aromatic carbocycles. The highest BCUT2D eigenvalue weighted by Crippen LogP contribution is 2.13. The first-order valence-electron chi connectivity index (χ1n) is 5.88. The Morgan fingerprint density at radius 3 is 2.00 bits per heavy atom. The fraction of sp³-hybridized carbons (Fsp3) is 0.571. The number of likely N-dealkylation sites (N-methyl/N-ethyl adjacent to an activating group) is 2. The van der Waals surface area contributed by atoms with Crippen molar-refractivity contribution in [2.45, 2.75) is 26.3 Å². The van der Waals surface area contributed by atoms with Gasteiger partial charge >= 0.3 is 0 Å². The van der Waals surface area contributed by atoms with Gasteiger partial charge in [0.25, 0.3) is 0 Å². The SMILES string of the molecule is CN(CCN(C)C(C)(C)C)c1ccccc1. The summed E-state index contributed by atoms with van der Waals surface area (Å²) in [4.78, 5) is 4.68. The third-order valence-electron chi connectivity index (χ3n) is 3.11. The highest BCUT2D eigenvalue weighted by atomic mass is 15.2. The van der Waals surface area contributed by atoms with Crippen molar-refractivity contribution in [1.29, 1.82) is 0 Å². The van der Waals surface area contributed by atoms with Gasteiger partial charge in [0.1, 0.15) is 0 Å². The standard InChI is InChI=1S/C14H24N2/c1-14(2,3)16(5)12-11-15(4)13-9-7-6-8-10-13/h6-10H,11-12H2,1-5H3. The minimum absolute atomic E-state index is 0.248. The van der Waals surface area contributed by atoms with Crippen LogP contribution in [0.5, 0.6) is 0 Å². The van der Waals surface area contributed by atoms with E-state index in [4.69, 9.17) is 0 Å². The summed E-state index contributed by atoms with van der Waals surface area (Å²) in [5.74, 6) is 0. The van der Waals surface area contributed by atoms with Crippen molar-refractivity contribution in [3.63, 3.8) is 0 Å². The summed E-state index contributed by atoms with van der Waals surface area (Å²) in [6.07, 6.45) is 0. The van der Waals surface area contributed by atoms with Gasteiger partial charge in [-0.2, -0.15) is 0 Å². The van der Waals surface area contributed by atoms with Crippen LogP contribution < -0.4 is 4.90 Å². The van der Waals surface area contributed by atoms with E-state index in [9.17, 15) is 0 Å². The summed E-state index contributed by atoms with van der Waals surface area (Å²) in [6, 6.07) is 10.5. The van der Waals surface area contributed by atoms with Gasteiger partial charge in [-0.25, -0.2) is 0 Å². The molecule has 0 aliphatic rings. The second-order valence-electron chi connectivity index (χ2n) is 5.35. The second-order valence-corrected chi connectivity index (χ2v) is 5.35. The molecule has 0 N–H and O–H groups in total. The molecular weight excluding hydrogens is 196 g/mol. The van der Waals surface area contributed by atoms with E-state index in [-0.39, 0.29) is 5.54 Å². The average Bonchev–Trinajstić information content (AvgIpc) is 2.25. The third-order valence-corrected chi connectivity index (χ3v) is 3.11. The van der Waals surface area contributed by atoms with Crippen LogP contribution in [-0.2, 0) is 0 Å². The summed E-state index contributed by atoms with van der Waals surface area (Å²) in [5, 5.41) is 0.